The van der Waals surface area contributed by atoms with Crippen LogP contribution in [0, 0.1) is 11.8 Å². The van der Waals surface area contributed by atoms with Gasteiger partial charge in [0.2, 0.25) is 0 Å². The van der Waals surface area contributed by atoms with Crippen LogP contribution in [-0.2, 0) is 18.7 Å². The van der Waals surface area contributed by atoms with Crippen LogP contribution < -0.4 is 10.4 Å². The molecule has 0 aromatic heterocycles. The fourth-order valence-corrected chi connectivity index (χ4v) is 10.7. The van der Waals surface area contributed by atoms with E-state index in [4.69, 9.17) is 13.9 Å². The molecular formula is C29H41BrO4Si. The van der Waals surface area contributed by atoms with Crippen molar-refractivity contribution in [2.24, 2.45) is 11.8 Å². The van der Waals surface area contributed by atoms with Gasteiger partial charge in [-0.25, -0.2) is 0 Å². The smallest absolute Gasteiger partial charge is 0.325 e. The van der Waals surface area contributed by atoms with Gasteiger partial charge in [-0.2, -0.15) is 0 Å². The number of carbonyl (C=O) groups excluding carboxylic acids is 1. The molecule has 3 rings (SSSR count). The van der Waals surface area contributed by atoms with Gasteiger partial charge in [-0.3, -0.25) is 4.79 Å². The molecule has 0 N–H and O–H groups in total. The molecule has 1 heterocycles. The lowest BCUT2D eigenvalue weighted by Crippen LogP contribution is -2.67. The van der Waals surface area contributed by atoms with Gasteiger partial charge in [-0.15, -0.1) is 0 Å². The molecule has 0 bridgehead atoms. The second-order valence-corrected chi connectivity index (χ2v) is 17.1. The first-order chi connectivity index (χ1) is 16.4. The molecule has 0 saturated carbocycles. The van der Waals surface area contributed by atoms with Crippen molar-refractivity contribution in [2.75, 3.05) is 13.7 Å². The van der Waals surface area contributed by atoms with Gasteiger partial charge in [0.15, 0.2) is 0 Å². The summed E-state index contributed by atoms with van der Waals surface area (Å²) < 4.78 is 17.9. The Morgan fingerprint density at radius 1 is 1.03 bits per heavy atom. The lowest BCUT2D eigenvalue weighted by atomic mass is 9.84. The van der Waals surface area contributed by atoms with Crippen molar-refractivity contribution in [1.82, 2.24) is 0 Å². The Morgan fingerprint density at radius 2 is 1.54 bits per heavy atom. The molecule has 4 nitrogen and oxygen atoms in total. The second-order valence-electron chi connectivity index (χ2n) is 11.2. The standard InChI is InChI=1S/C29H41BrO4Si/c1-21-18-19-25(29(6,30)27(31)32-7)34-26(21)22(2)20-33-35(28(3,4)5,23-14-10-8-11-15-23)24-16-12-9-13-17-24/h8-17,21-22,25-26H,18-20H2,1-7H3/t21-,22+,25+,26+,29?/m1/s1. The van der Waals surface area contributed by atoms with E-state index < -0.39 is 12.6 Å². The van der Waals surface area contributed by atoms with Gasteiger partial charge in [-0.05, 0) is 41.1 Å². The van der Waals surface area contributed by atoms with Crippen LogP contribution in [0.5, 0.6) is 0 Å². The molecule has 1 aliphatic heterocycles. The van der Waals surface area contributed by atoms with Crippen LogP contribution in [0.15, 0.2) is 60.7 Å². The van der Waals surface area contributed by atoms with Crippen LogP contribution in [0.1, 0.15) is 54.4 Å². The zero-order valence-electron chi connectivity index (χ0n) is 22.2. The third-order valence-corrected chi connectivity index (χ3v) is 13.3. The van der Waals surface area contributed by atoms with E-state index in [0.29, 0.717) is 12.5 Å². The predicted molar refractivity (Wildman–Crippen MR) is 149 cm³/mol. The van der Waals surface area contributed by atoms with Crippen molar-refractivity contribution in [1.29, 1.82) is 0 Å². The molecule has 0 amide bonds. The number of halogens is 1. The van der Waals surface area contributed by atoms with E-state index in [-0.39, 0.29) is 29.1 Å². The summed E-state index contributed by atoms with van der Waals surface area (Å²) in [5, 5.41) is 2.48. The Labute approximate surface area is 221 Å². The molecule has 192 valence electrons. The predicted octanol–water partition coefficient (Wildman–Crippen LogP) is 5.71. The largest absolute Gasteiger partial charge is 0.468 e. The first-order valence-electron chi connectivity index (χ1n) is 12.6. The molecule has 5 atom stereocenters. The van der Waals surface area contributed by atoms with Crippen LogP contribution in [0.2, 0.25) is 5.04 Å². The Hall–Kier alpha value is -1.47. The Balaban J connectivity index is 1.90. The van der Waals surface area contributed by atoms with Gasteiger partial charge in [0.1, 0.15) is 4.32 Å². The van der Waals surface area contributed by atoms with Gasteiger partial charge in [0, 0.05) is 12.5 Å². The van der Waals surface area contributed by atoms with Gasteiger partial charge in [0.25, 0.3) is 8.32 Å². The molecule has 2 aromatic rings. The van der Waals surface area contributed by atoms with Gasteiger partial charge >= 0.3 is 5.97 Å². The third kappa shape index (κ3) is 5.76. The monoisotopic (exact) mass is 560 g/mol. The molecule has 35 heavy (non-hydrogen) atoms. The van der Waals surface area contributed by atoms with Gasteiger partial charge in [-0.1, -0.05) is 111 Å². The van der Waals surface area contributed by atoms with Crippen LogP contribution >= 0.6 is 15.9 Å². The maximum atomic E-state index is 12.4. The molecule has 0 aliphatic carbocycles. The highest BCUT2D eigenvalue weighted by molar-refractivity contribution is 9.10. The summed E-state index contributed by atoms with van der Waals surface area (Å²) in [5.41, 5.74) is 0. The van der Waals surface area contributed by atoms with E-state index in [9.17, 15) is 4.79 Å². The fourth-order valence-electron chi connectivity index (χ4n) is 5.51. The summed E-state index contributed by atoms with van der Waals surface area (Å²) in [6, 6.07) is 21.4. The highest BCUT2D eigenvalue weighted by Crippen LogP contribution is 2.40. The van der Waals surface area contributed by atoms with E-state index >= 15 is 0 Å². The lowest BCUT2D eigenvalue weighted by Gasteiger charge is -2.46. The minimum atomic E-state index is -2.61. The number of esters is 1. The second kappa shape index (κ2) is 11.3. The highest BCUT2D eigenvalue weighted by Gasteiger charge is 2.51. The number of methoxy groups -OCH3 is 1. The molecule has 1 fully saturated rings. The number of rotatable bonds is 8. The van der Waals surface area contributed by atoms with Crippen LogP contribution in [0.4, 0.5) is 0 Å². The van der Waals surface area contributed by atoms with Crippen LogP contribution in [-0.4, -0.2) is 44.5 Å². The van der Waals surface area contributed by atoms with Crippen molar-refractivity contribution < 1.29 is 18.7 Å². The van der Waals surface area contributed by atoms with E-state index in [1.165, 1.54) is 17.5 Å². The fraction of sp³-hybridized carbons (Fsp3) is 0.552. The molecule has 1 saturated heterocycles. The van der Waals surface area contributed by atoms with Crippen molar-refractivity contribution in [2.45, 2.75) is 76.0 Å². The van der Waals surface area contributed by atoms with Crippen molar-refractivity contribution in [3.8, 4) is 0 Å². The van der Waals surface area contributed by atoms with Gasteiger partial charge in [0.05, 0.1) is 19.3 Å². The van der Waals surface area contributed by atoms with E-state index in [0.717, 1.165) is 12.8 Å². The SMILES string of the molecule is COC(=O)C(C)(Br)[C@@H]1CC[C@@H](C)[C@@H]([C@@H](C)CO[Si](c2ccccc2)(c2ccccc2)C(C)(C)C)O1. The number of hydrogen-bond acceptors (Lipinski definition) is 4. The summed E-state index contributed by atoms with van der Waals surface area (Å²) in [5.74, 6) is 0.243. The zero-order valence-corrected chi connectivity index (χ0v) is 24.8. The van der Waals surface area contributed by atoms with Crippen molar-refractivity contribution in [3.05, 3.63) is 60.7 Å². The summed E-state index contributed by atoms with van der Waals surface area (Å²) in [4.78, 5) is 12.4. The molecule has 0 spiro atoms. The normalized spacial score (nSPS) is 23.8. The molecule has 0 radical (unpaired) electrons. The average molecular weight is 562 g/mol. The van der Waals surface area contributed by atoms with Gasteiger partial charge < -0.3 is 13.9 Å². The quantitative estimate of drug-likeness (QED) is 0.235. The average Bonchev–Trinajstić information content (AvgIpc) is 2.84. The summed E-state index contributed by atoms with van der Waals surface area (Å²) in [7, 11) is -1.19. The first kappa shape index (κ1) is 28.1. The molecule has 2 aromatic carbocycles. The Bertz CT molecular complexity index is 918. The van der Waals surface area contributed by atoms with Crippen LogP contribution in [0.3, 0.4) is 0 Å². The van der Waals surface area contributed by atoms with Crippen LogP contribution in [0.25, 0.3) is 0 Å². The molecule has 6 heteroatoms. The maximum Gasteiger partial charge on any atom is 0.325 e. The topological polar surface area (TPSA) is 44.8 Å². The minimum absolute atomic E-state index is 0.00602. The number of ether oxygens (including phenoxy) is 2. The number of carbonyl (C=O) groups is 1. The van der Waals surface area contributed by atoms with Crippen molar-refractivity contribution in [3.63, 3.8) is 0 Å². The maximum absolute atomic E-state index is 12.4. The summed E-state index contributed by atoms with van der Waals surface area (Å²) in [6.45, 7) is 13.8. The van der Waals surface area contributed by atoms with E-state index in [1.54, 1.807) is 0 Å². The Morgan fingerprint density at radius 3 is 2.00 bits per heavy atom. The zero-order chi connectivity index (χ0) is 25.9. The lowest BCUT2D eigenvalue weighted by molar-refractivity contribution is -0.158. The summed E-state index contributed by atoms with van der Waals surface area (Å²) >= 11 is 3.60. The summed E-state index contributed by atoms with van der Waals surface area (Å²) in [6.07, 6.45) is 1.56. The van der Waals surface area contributed by atoms with E-state index in [2.05, 4.69) is 111 Å². The minimum Gasteiger partial charge on any atom is -0.468 e. The first-order valence-corrected chi connectivity index (χ1v) is 15.3. The van der Waals surface area contributed by atoms with E-state index in [1.807, 2.05) is 6.92 Å². The number of alkyl halides is 1. The molecule has 1 aliphatic rings. The Kier molecular flexibility index (Phi) is 9.06. The number of benzene rings is 2. The van der Waals surface area contributed by atoms with Crippen molar-refractivity contribution >= 4 is 40.6 Å². The number of hydrogen-bond donors (Lipinski definition) is 0. The molecular weight excluding hydrogens is 520 g/mol. The third-order valence-electron chi connectivity index (χ3n) is 7.50. The highest BCUT2D eigenvalue weighted by atomic mass is 79.9. The molecule has 1 unspecified atom stereocenters.